The van der Waals surface area contributed by atoms with Gasteiger partial charge in [-0.1, -0.05) is 76.7 Å². The maximum absolute atomic E-state index is 13.2. The zero-order chi connectivity index (χ0) is 27.3. The number of amides is 3. The number of benzene rings is 3. The topological polar surface area (TPSA) is 84.0 Å². The van der Waals surface area contributed by atoms with Crippen molar-refractivity contribution in [2.45, 2.75) is 19.9 Å². The molecule has 2 aliphatic rings. The molecule has 2 heterocycles. The van der Waals surface area contributed by atoms with Gasteiger partial charge in [-0.3, -0.25) is 19.2 Å². The van der Waals surface area contributed by atoms with Crippen molar-refractivity contribution in [1.29, 1.82) is 0 Å². The monoisotopic (exact) mass is 590 g/mol. The Hall–Kier alpha value is -3.10. The average molecular weight is 592 g/mol. The number of carbonyl (C=O) groups is 4. The second kappa shape index (κ2) is 10.2. The minimum absolute atomic E-state index is 0.0599. The lowest BCUT2D eigenvalue weighted by Gasteiger charge is -2.18. The van der Waals surface area contributed by atoms with Crippen molar-refractivity contribution in [3.8, 4) is 5.75 Å². The number of nitrogens with zero attached hydrogens (tertiary/aromatic N) is 2. The number of rotatable bonds is 5. The van der Waals surface area contributed by atoms with E-state index in [0.29, 0.717) is 12.1 Å². The fourth-order valence-corrected chi connectivity index (χ4v) is 5.61. The van der Waals surface area contributed by atoms with E-state index >= 15 is 0 Å². The number of hydrogen-bond donors (Lipinski definition) is 0. The van der Waals surface area contributed by atoms with E-state index in [1.807, 2.05) is 30.3 Å². The van der Waals surface area contributed by atoms with Crippen LogP contribution in [0.15, 0.2) is 48.5 Å². The first kappa shape index (κ1) is 26.5. The van der Waals surface area contributed by atoms with Crippen LogP contribution >= 0.6 is 46.4 Å². The molecule has 38 heavy (non-hydrogen) atoms. The van der Waals surface area contributed by atoms with E-state index in [4.69, 9.17) is 51.1 Å². The Balaban J connectivity index is 1.32. The van der Waals surface area contributed by atoms with Gasteiger partial charge in [-0.25, -0.2) is 4.90 Å². The molecule has 0 aliphatic carbocycles. The molecule has 5 rings (SSSR count). The summed E-state index contributed by atoms with van der Waals surface area (Å²) in [6, 6.07) is 14.0. The summed E-state index contributed by atoms with van der Waals surface area (Å²) in [5.41, 5.74) is 1.44. The van der Waals surface area contributed by atoms with Crippen LogP contribution in [-0.2, 0) is 16.1 Å². The Morgan fingerprint density at radius 2 is 1.50 bits per heavy atom. The molecule has 194 valence electrons. The quantitative estimate of drug-likeness (QED) is 0.113. The Bertz CT molecular complexity index is 1480. The molecule has 3 amide bonds. The summed E-state index contributed by atoms with van der Waals surface area (Å²) in [5.74, 6) is -2.46. The third-order valence-electron chi connectivity index (χ3n) is 6.49. The van der Waals surface area contributed by atoms with Crippen molar-refractivity contribution >= 4 is 75.8 Å². The van der Waals surface area contributed by atoms with Crippen LogP contribution in [0.25, 0.3) is 0 Å². The van der Waals surface area contributed by atoms with Gasteiger partial charge in [0.2, 0.25) is 5.91 Å². The SMILES string of the molecule is Cc1cc(OC(=O)[C@@H]2CC(=O)N(Cc3ccccc3)C2)ccc1N1C(=O)c2c(Cl)c(Cl)c(Cl)c(Cl)c2C1=O. The molecule has 1 atom stereocenters. The molecule has 1 saturated heterocycles. The highest BCUT2D eigenvalue weighted by atomic mass is 35.5. The Kier molecular flexibility index (Phi) is 7.13. The first-order valence-corrected chi connectivity index (χ1v) is 13.0. The molecule has 11 heteroatoms. The number of aryl methyl sites for hydroxylation is 1. The maximum Gasteiger partial charge on any atom is 0.316 e. The summed E-state index contributed by atoms with van der Waals surface area (Å²) in [5, 5.41) is -0.557. The van der Waals surface area contributed by atoms with Crippen molar-refractivity contribution in [2.24, 2.45) is 5.92 Å². The van der Waals surface area contributed by atoms with Crippen LogP contribution in [0, 0.1) is 12.8 Å². The Morgan fingerprint density at radius 3 is 2.08 bits per heavy atom. The third kappa shape index (κ3) is 4.54. The minimum Gasteiger partial charge on any atom is -0.426 e. The molecular formula is C27H18Cl4N2O5. The van der Waals surface area contributed by atoms with Crippen molar-refractivity contribution in [3.05, 3.63) is 90.9 Å². The lowest BCUT2D eigenvalue weighted by molar-refractivity contribution is -0.139. The van der Waals surface area contributed by atoms with Crippen LogP contribution in [0.1, 0.15) is 38.3 Å². The zero-order valence-electron chi connectivity index (χ0n) is 19.8. The highest BCUT2D eigenvalue weighted by molar-refractivity contribution is 6.56. The second-order valence-corrected chi connectivity index (χ2v) is 10.5. The van der Waals surface area contributed by atoms with E-state index in [-0.39, 0.29) is 61.5 Å². The van der Waals surface area contributed by atoms with Crippen LogP contribution < -0.4 is 9.64 Å². The number of likely N-dealkylation sites (tertiary alicyclic amines) is 1. The maximum atomic E-state index is 13.2. The highest BCUT2D eigenvalue weighted by Gasteiger charge is 2.43. The van der Waals surface area contributed by atoms with Crippen molar-refractivity contribution in [2.75, 3.05) is 11.4 Å². The van der Waals surface area contributed by atoms with Gasteiger partial charge in [-0.15, -0.1) is 0 Å². The van der Waals surface area contributed by atoms with Crippen molar-refractivity contribution < 1.29 is 23.9 Å². The number of halogens is 4. The van der Waals surface area contributed by atoms with Gasteiger partial charge >= 0.3 is 5.97 Å². The first-order valence-electron chi connectivity index (χ1n) is 11.5. The number of ether oxygens (including phenoxy) is 1. The van der Waals surface area contributed by atoms with Crippen molar-refractivity contribution in [1.82, 2.24) is 4.90 Å². The molecule has 0 spiro atoms. The smallest absolute Gasteiger partial charge is 0.316 e. The van der Waals surface area contributed by atoms with E-state index in [1.165, 1.54) is 18.2 Å². The van der Waals surface area contributed by atoms with Gasteiger partial charge in [0.25, 0.3) is 11.8 Å². The standard InChI is InChI=1S/C27H18Cl4N2O5/c1-13-9-16(38-27(37)15-10-18(34)32(12-15)11-14-5-3-2-4-6-14)7-8-17(13)33-25(35)19-20(26(33)36)22(29)24(31)23(30)21(19)28/h2-9,15H,10-12H2,1H3/t15-/m1/s1. The molecule has 0 N–H and O–H groups in total. The number of carbonyl (C=O) groups excluding carboxylic acids is 4. The van der Waals surface area contributed by atoms with Crippen molar-refractivity contribution in [3.63, 3.8) is 0 Å². The van der Waals surface area contributed by atoms with Gasteiger partial charge in [-0.05, 0) is 36.2 Å². The van der Waals surface area contributed by atoms with E-state index in [1.54, 1.807) is 11.8 Å². The van der Waals surface area contributed by atoms with Gasteiger partial charge in [-0.2, -0.15) is 0 Å². The molecule has 0 aromatic heterocycles. The fourth-order valence-electron chi connectivity index (χ4n) is 4.60. The van der Waals surface area contributed by atoms with Crippen LogP contribution in [-0.4, -0.2) is 35.1 Å². The van der Waals surface area contributed by atoms with Gasteiger partial charge in [0.15, 0.2) is 0 Å². The van der Waals surface area contributed by atoms with E-state index in [2.05, 4.69) is 0 Å². The summed E-state index contributed by atoms with van der Waals surface area (Å²) in [6.07, 6.45) is 0.0599. The molecular weight excluding hydrogens is 574 g/mol. The van der Waals surface area contributed by atoms with Crippen LogP contribution in [0.2, 0.25) is 20.1 Å². The molecule has 0 radical (unpaired) electrons. The lowest BCUT2D eigenvalue weighted by Crippen LogP contribution is -2.30. The molecule has 7 nitrogen and oxygen atoms in total. The van der Waals surface area contributed by atoms with Crippen LogP contribution in [0.3, 0.4) is 0 Å². The predicted molar refractivity (Wildman–Crippen MR) is 144 cm³/mol. The van der Waals surface area contributed by atoms with E-state index in [0.717, 1.165) is 10.5 Å². The number of anilines is 1. The normalized spacial score (nSPS) is 16.9. The van der Waals surface area contributed by atoms with E-state index in [9.17, 15) is 19.2 Å². The number of hydrogen-bond acceptors (Lipinski definition) is 5. The van der Waals surface area contributed by atoms with Gasteiger partial charge in [0.05, 0.1) is 42.8 Å². The number of imide groups is 1. The summed E-state index contributed by atoms with van der Waals surface area (Å²) in [6.45, 7) is 2.33. The summed E-state index contributed by atoms with van der Waals surface area (Å²) >= 11 is 24.6. The Labute approximate surface area is 237 Å². The largest absolute Gasteiger partial charge is 0.426 e. The predicted octanol–water partition coefficient (Wildman–Crippen LogP) is 6.36. The first-order chi connectivity index (χ1) is 18.1. The molecule has 2 aliphatic heterocycles. The molecule has 0 saturated carbocycles. The summed E-state index contributed by atoms with van der Waals surface area (Å²) in [7, 11) is 0. The minimum atomic E-state index is -0.703. The summed E-state index contributed by atoms with van der Waals surface area (Å²) < 4.78 is 5.55. The summed E-state index contributed by atoms with van der Waals surface area (Å²) in [4.78, 5) is 54.2. The molecule has 3 aromatic carbocycles. The van der Waals surface area contributed by atoms with E-state index < -0.39 is 23.7 Å². The lowest BCUT2D eigenvalue weighted by atomic mass is 10.1. The highest BCUT2D eigenvalue weighted by Crippen LogP contribution is 2.46. The molecule has 1 fully saturated rings. The average Bonchev–Trinajstić information content (AvgIpc) is 3.38. The fraction of sp³-hybridized carbons (Fsp3) is 0.185. The molecule has 3 aromatic rings. The second-order valence-electron chi connectivity index (χ2n) is 8.98. The van der Waals surface area contributed by atoms with Crippen LogP contribution in [0.4, 0.5) is 5.69 Å². The molecule has 0 bridgehead atoms. The molecule has 0 unspecified atom stereocenters. The van der Waals surface area contributed by atoms with Gasteiger partial charge in [0.1, 0.15) is 5.75 Å². The number of fused-ring (bicyclic) bond motifs is 1. The zero-order valence-corrected chi connectivity index (χ0v) is 22.8. The van der Waals surface area contributed by atoms with Gasteiger partial charge < -0.3 is 9.64 Å². The third-order valence-corrected chi connectivity index (χ3v) is 8.29. The van der Waals surface area contributed by atoms with Crippen LogP contribution in [0.5, 0.6) is 5.75 Å². The number of esters is 1. The van der Waals surface area contributed by atoms with Gasteiger partial charge in [0, 0.05) is 19.5 Å². The Morgan fingerprint density at radius 1 is 0.895 bits per heavy atom.